The van der Waals surface area contributed by atoms with Crippen LogP contribution in [0.5, 0.6) is 0 Å². The number of carbonyl (C=O) groups is 2. The predicted octanol–water partition coefficient (Wildman–Crippen LogP) is 2.31. The van der Waals surface area contributed by atoms with Crippen molar-refractivity contribution in [1.82, 2.24) is 10.2 Å². The molecule has 1 aliphatic rings. The summed E-state index contributed by atoms with van der Waals surface area (Å²) in [5.41, 5.74) is -0.520. The van der Waals surface area contributed by atoms with Gasteiger partial charge in [0.2, 0.25) is 0 Å². The summed E-state index contributed by atoms with van der Waals surface area (Å²) in [6.07, 6.45) is 6.45. The second kappa shape index (κ2) is 8.36. The topological polar surface area (TPSA) is 69.6 Å². The van der Waals surface area contributed by atoms with Gasteiger partial charge in [-0.2, -0.15) is 0 Å². The first kappa shape index (κ1) is 19.5. The van der Waals surface area contributed by atoms with Gasteiger partial charge in [0.25, 0.3) is 11.8 Å². The predicted molar refractivity (Wildman–Crippen MR) is 94.7 cm³/mol. The van der Waals surface area contributed by atoms with Crippen LogP contribution in [0.2, 0.25) is 0 Å². The summed E-state index contributed by atoms with van der Waals surface area (Å²) in [5, 5.41) is 12.4. The van der Waals surface area contributed by atoms with E-state index in [4.69, 9.17) is 12.2 Å². The lowest BCUT2D eigenvalue weighted by molar-refractivity contribution is -0.128. The Bertz CT molecular complexity index is 520. The van der Waals surface area contributed by atoms with Crippen molar-refractivity contribution in [2.75, 3.05) is 6.54 Å². The molecule has 23 heavy (non-hydrogen) atoms. The SMILES string of the molecule is C=CCN1C(=O)/C(=C/CC(C)CCCC(C)(C)O)C(=O)NC1=S. The zero-order valence-electron chi connectivity index (χ0n) is 14.1. The van der Waals surface area contributed by atoms with Crippen LogP contribution >= 0.6 is 12.2 Å². The third-order valence-electron chi connectivity index (χ3n) is 3.71. The Morgan fingerprint density at radius 3 is 2.65 bits per heavy atom. The standard InChI is InChI=1S/C17H26N2O3S/c1-5-11-19-15(21)13(14(20)18-16(19)23)9-8-12(2)7-6-10-17(3,4)22/h5,9,12,22H,1,6-8,10-11H2,2-4H3,(H,18,20,23)/b13-9+. The van der Waals surface area contributed by atoms with E-state index in [9.17, 15) is 14.7 Å². The highest BCUT2D eigenvalue weighted by molar-refractivity contribution is 7.80. The van der Waals surface area contributed by atoms with E-state index in [-0.39, 0.29) is 23.1 Å². The number of thiocarbonyl (C=S) groups is 1. The van der Waals surface area contributed by atoms with Gasteiger partial charge in [-0.1, -0.05) is 31.9 Å². The molecule has 6 heteroatoms. The second-order valence-corrected chi connectivity index (χ2v) is 7.01. The molecule has 1 heterocycles. The molecule has 2 N–H and O–H groups in total. The van der Waals surface area contributed by atoms with Crippen LogP contribution in [0.1, 0.15) is 46.5 Å². The van der Waals surface area contributed by atoms with E-state index in [2.05, 4.69) is 18.8 Å². The van der Waals surface area contributed by atoms with Crippen LogP contribution in [0.3, 0.4) is 0 Å². The Balaban J connectivity index is 2.63. The summed E-state index contributed by atoms with van der Waals surface area (Å²) in [7, 11) is 0. The summed E-state index contributed by atoms with van der Waals surface area (Å²) in [5.74, 6) is -0.487. The normalized spacial score (nSPS) is 19.0. The highest BCUT2D eigenvalue weighted by Gasteiger charge is 2.32. The maximum absolute atomic E-state index is 12.3. The van der Waals surface area contributed by atoms with Gasteiger partial charge in [0.1, 0.15) is 5.57 Å². The lowest BCUT2D eigenvalue weighted by Crippen LogP contribution is -2.53. The molecule has 1 saturated heterocycles. The van der Waals surface area contributed by atoms with E-state index in [0.29, 0.717) is 12.3 Å². The zero-order chi connectivity index (χ0) is 17.6. The molecule has 0 aromatic rings. The van der Waals surface area contributed by atoms with Crippen LogP contribution in [0.25, 0.3) is 0 Å². The molecule has 1 fully saturated rings. The lowest BCUT2D eigenvalue weighted by atomic mass is 9.94. The Kier molecular flexibility index (Phi) is 7.09. The monoisotopic (exact) mass is 338 g/mol. The van der Waals surface area contributed by atoms with Crippen molar-refractivity contribution in [2.24, 2.45) is 5.92 Å². The highest BCUT2D eigenvalue weighted by atomic mass is 32.1. The summed E-state index contributed by atoms with van der Waals surface area (Å²) < 4.78 is 0. The largest absolute Gasteiger partial charge is 0.390 e. The fraction of sp³-hybridized carbons (Fsp3) is 0.588. The average molecular weight is 338 g/mol. The number of allylic oxidation sites excluding steroid dienone is 1. The maximum Gasteiger partial charge on any atom is 0.265 e. The molecule has 128 valence electrons. The van der Waals surface area contributed by atoms with Gasteiger partial charge in [-0.05, 0) is 44.8 Å². The molecular formula is C17H26N2O3S. The van der Waals surface area contributed by atoms with E-state index in [0.717, 1.165) is 19.3 Å². The first-order valence-corrected chi connectivity index (χ1v) is 8.27. The maximum atomic E-state index is 12.3. The van der Waals surface area contributed by atoms with Crippen LogP contribution in [0.15, 0.2) is 24.3 Å². The van der Waals surface area contributed by atoms with Gasteiger partial charge in [0.05, 0.1) is 5.60 Å². The fourth-order valence-electron chi connectivity index (χ4n) is 2.36. The molecule has 0 spiro atoms. The first-order chi connectivity index (χ1) is 10.7. The number of carbonyl (C=O) groups excluding carboxylic acids is 2. The van der Waals surface area contributed by atoms with Gasteiger partial charge in [-0.25, -0.2) is 0 Å². The van der Waals surface area contributed by atoms with Gasteiger partial charge in [-0.3, -0.25) is 19.8 Å². The summed E-state index contributed by atoms with van der Waals surface area (Å²) in [6.45, 7) is 9.52. The van der Waals surface area contributed by atoms with Crippen molar-refractivity contribution in [3.8, 4) is 0 Å². The van der Waals surface area contributed by atoms with Crippen molar-refractivity contribution >= 4 is 29.1 Å². The molecule has 0 aromatic heterocycles. The minimum atomic E-state index is -0.654. The van der Waals surface area contributed by atoms with Crippen molar-refractivity contribution in [3.63, 3.8) is 0 Å². The summed E-state index contributed by atoms with van der Waals surface area (Å²) >= 11 is 5.00. The van der Waals surface area contributed by atoms with Gasteiger partial charge in [0, 0.05) is 6.54 Å². The Hall–Kier alpha value is -1.53. The average Bonchev–Trinajstić information content (AvgIpc) is 2.41. The van der Waals surface area contributed by atoms with Gasteiger partial charge in [0.15, 0.2) is 5.11 Å². The van der Waals surface area contributed by atoms with Crippen LogP contribution in [0.4, 0.5) is 0 Å². The summed E-state index contributed by atoms with van der Waals surface area (Å²) in [4.78, 5) is 25.6. The molecule has 0 radical (unpaired) electrons. The van der Waals surface area contributed by atoms with Crippen molar-refractivity contribution in [1.29, 1.82) is 0 Å². The molecule has 0 aromatic carbocycles. The number of hydrogen-bond acceptors (Lipinski definition) is 4. The molecule has 1 unspecified atom stereocenters. The Morgan fingerprint density at radius 1 is 1.43 bits per heavy atom. The Labute approximate surface area is 143 Å². The molecule has 2 amide bonds. The van der Waals surface area contributed by atoms with Crippen molar-refractivity contribution in [3.05, 3.63) is 24.3 Å². The number of rotatable bonds is 8. The van der Waals surface area contributed by atoms with Crippen molar-refractivity contribution < 1.29 is 14.7 Å². The second-order valence-electron chi connectivity index (χ2n) is 6.63. The highest BCUT2D eigenvalue weighted by Crippen LogP contribution is 2.19. The minimum Gasteiger partial charge on any atom is -0.390 e. The Morgan fingerprint density at radius 2 is 2.09 bits per heavy atom. The van der Waals surface area contributed by atoms with Crippen molar-refractivity contribution in [2.45, 2.75) is 52.1 Å². The molecule has 0 saturated carbocycles. The third kappa shape index (κ3) is 6.23. The molecule has 1 rings (SSSR count). The molecule has 0 aliphatic carbocycles. The van der Waals surface area contributed by atoms with E-state index in [1.54, 1.807) is 26.0 Å². The van der Waals surface area contributed by atoms with Gasteiger partial charge >= 0.3 is 0 Å². The third-order valence-corrected chi connectivity index (χ3v) is 4.03. The van der Waals surface area contributed by atoms with E-state index in [1.165, 1.54) is 4.90 Å². The van der Waals surface area contributed by atoms with Gasteiger partial charge < -0.3 is 5.11 Å². The van der Waals surface area contributed by atoms with E-state index < -0.39 is 11.5 Å². The number of nitrogens with zero attached hydrogens (tertiary/aromatic N) is 1. The van der Waals surface area contributed by atoms with E-state index >= 15 is 0 Å². The molecule has 1 aliphatic heterocycles. The molecule has 5 nitrogen and oxygen atoms in total. The summed E-state index contributed by atoms with van der Waals surface area (Å²) in [6, 6.07) is 0. The van der Waals surface area contributed by atoms with E-state index in [1.807, 2.05) is 0 Å². The molecular weight excluding hydrogens is 312 g/mol. The van der Waals surface area contributed by atoms with Crippen LogP contribution in [0, 0.1) is 5.92 Å². The number of aliphatic hydroxyl groups is 1. The number of hydrogen-bond donors (Lipinski definition) is 2. The zero-order valence-corrected chi connectivity index (χ0v) is 14.9. The quantitative estimate of drug-likeness (QED) is 0.308. The molecule has 1 atom stereocenters. The van der Waals surface area contributed by atoms with Crippen LogP contribution < -0.4 is 5.32 Å². The van der Waals surface area contributed by atoms with Gasteiger partial charge in [-0.15, -0.1) is 6.58 Å². The fourth-order valence-corrected chi connectivity index (χ4v) is 2.61. The lowest BCUT2D eigenvalue weighted by Gasteiger charge is -2.28. The number of amides is 2. The van der Waals surface area contributed by atoms with Crippen LogP contribution in [-0.4, -0.2) is 39.1 Å². The smallest absolute Gasteiger partial charge is 0.265 e. The number of nitrogens with one attached hydrogen (secondary N) is 1. The molecule has 0 bridgehead atoms. The van der Waals surface area contributed by atoms with Crippen LogP contribution in [-0.2, 0) is 9.59 Å². The minimum absolute atomic E-state index is 0.121. The first-order valence-electron chi connectivity index (χ1n) is 7.86.